The van der Waals surface area contributed by atoms with Gasteiger partial charge in [-0.15, -0.1) is 0 Å². The van der Waals surface area contributed by atoms with Gasteiger partial charge in [0.2, 0.25) is 5.75 Å². The summed E-state index contributed by atoms with van der Waals surface area (Å²) in [4.78, 5) is 29.9. The average molecular weight is 503 g/mol. The molecule has 1 aliphatic rings. The molecule has 11 heteroatoms. The van der Waals surface area contributed by atoms with Crippen LogP contribution in [0.25, 0.3) is 11.4 Å². The van der Waals surface area contributed by atoms with Gasteiger partial charge in [-0.25, -0.2) is 13.6 Å². The van der Waals surface area contributed by atoms with E-state index < -0.39 is 37.4 Å². The molecule has 2 N–H and O–H groups in total. The summed E-state index contributed by atoms with van der Waals surface area (Å²) in [7, 11) is -1.28. The summed E-state index contributed by atoms with van der Waals surface area (Å²) in [6.07, 6.45) is 1.59. The normalized spacial score (nSPS) is 18.0. The number of anilines is 1. The van der Waals surface area contributed by atoms with E-state index in [1.807, 2.05) is 0 Å². The molecule has 4 rings (SSSR count). The van der Waals surface area contributed by atoms with E-state index in [2.05, 4.69) is 10.3 Å². The van der Waals surface area contributed by atoms with Gasteiger partial charge in [-0.3, -0.25) is 18.5 Å². The minimum Gasteiger partial charge on any atom is -0.501 e. The molecule has 2 aromatic carbocycles. The van der Waals surface area contributed by atoms with Crippen LogP contribution >= 0.6 is 0 Å². The number of nitrogens with one attached hydrogen (secondary N) is 1. The Morgan fingerprint density at radius 2 is 1.91 bits per heavy atom. The van der Waals surface area contributed by atoms with Gasteiger partial charge in [-0.05, 0) is 42.7 Å². The summed E-state index contributed by atoms with van der Waals surface area (Å²) in [6, 6.07) is 12.5. The highest BCUT2D eigenvalue weighted by molar-refractivity contribution is 8.33. The third-order valence-corrected chi connectivity index (χ3v) is 8.51. The lowest BCUT2D eigenvalue weighted by Crippen LogP contribution is -2.37. The van der Waals surface area contributed by atoms with E-state index in [-0.39, 0.29) is 12.4 Å². The van der Waals surface area contributed by atoms with Gasteiger partial charge in [0.15, 0.2) is 5.69 Å². The van der Waals surface area contributed by atoms with Gasteiger partial charge in [0, 0.05) is 42.6 Å². The standard InChI is InChI=1S/C23H23FN4O4S2/c1-27-21(17-6-2-3-7-18(17)28-12-4-5-13-34(28,32)33)26-19(20(29)23(27)31)22(30)25-14-15-8-10-16(24)11-9-15/h2-3,6-11,29H,4-5,12-14H2,1H3,(H,25,30). The van der Waals surface area contributed by atoms with Gasteiger partial charge in [0.25, 0.3) is 11.5 Å². The molecule has 2 heterocycles. The number of amides is 1. The predicted molar refractivity (Wildman–Crippen MR) is 131 cm³/mol. The van der Waals surface area contributed by atoms with E-state index in [4.69, 9.17) is 11.2 Å². The third kappa shape index (κ3) is 4.66. The van der Waals surface area contributed by atoms with Gasteiger partial charge in [-0.1, -0.05) is 24.3 Å². The van der Waals surface area contributed by atoms with Crippen LogP contribution in [-0.4, -0.2) is 37.1 Å². The summed E-state index contributed by atoms with van der Waals surface area (Å²) >= 11 is 5.38. The number of hydrogen-bond acceptors (Lipinski definition) is 6. The maximum absolute atomic E-state index is 13.1. The zero-order chi connectivity index (χ0) is 24.5. The Bertz CT molecular complexity index is 1410. The molecule has 1 fully saturated rings. The summed E-state index contributed by atoms with van der Waals surface area (Å²) < 4.78 is 29.0. The zero-order valence-corrected chi connectivity index (χ0v) is 20.0. The Hall–Kier alpha value is -3.31. The number of carbonyl (C=O) groups is 1. The van der Waals surface area contributed by atoms with E-state index in [1.165, 1.54) is 31.3 Å². The van der Waals surface area contributed by atoms with E-state index in [1.54, 1.807) is 28.6 Å². The van der Waals surface area contributed by atoms with Crippen molar-refractivity contribution in [3.05, 3.63) is 76.0 Å². The smallest absolute Gasteiger partial charge is 0.296 e. The first kappa shape index (κ1) is 23.8. The fourth-order valence-corrected chi connectivity index (χ4v) is 6.27. The molecule has 1 unspecified atom stereocenters. The van der Waals surface area contributed by atoms with Crippen LogP contribution < -0.4 is 15.2 Å². The number of rotatable bonds is 5. The van der Waals surface area contributed by atoms with Crippen molar-refractivity contribution in [2.45, 2.75) is 19.4 Å². The van der Waals surface area contributed by atoms with Crippen molar-refractivity contribution < 1.29 is 18.5 Å². The second-order valence-corrected chi connectivity index (χ2v) is 11.5. The molecule has 0 bridgehead atoms. The molecule has 8 nitrogen and oxygen atoms in total. The number of aromatic hydroxyl groups is 1. The highest BCUT2D eigenvalue weighted by Crippen LogP contribution is 2.33. The molecule has 1 saturated heterocycles. The molecule has 0 aliphatic carbocycles. The lowest BCUT2D eigenvalue weighted by Gasteiger charge is -2.32. The monoisotopic (exact) mass is 502 g/mol. The average Bonchev–Trinajstić information content (AvgIpc) is 2.82. The number of hydrogen-bond donors (Lipinski definition) is 2. The van der Waals surface area contributed by atoms with Crippen LogP contribution in [0.4, 0.5) is 10.1 Å². The molecular formula is C23H23FN4O4S2. The molecule has 34 heavy (non-hydrogen) atoms. The minimum absolute atomic E-state index is 0.0488. The van der Waals surface area contributed by atoms with E-state index in [9.17, 15) is 23.3 Å². The highest BCUT2D eigenvalue weighted by Gasteiger charge is 2.27. The highest BCUT2D eigenvalue weighted by atomic mass is 32.8. The Morgan fingerprint density at radius 1 is 1.21 bits per heavy atom. The molecule has 0 radical (unpaired) electrons. The maximum Gasteiger partial charge on any atom is 0.296 e. The van der Waals surface area contributed by atoms with Crippen LogP contribution in [0.5, 0.6) is 5.75 Å². The van der Waals surface area contributed by atoms with Gasteiger partial charge in [0.1, 0.15) is 20.3 Å². The Morgan fingerprint density at radius 3 is 2.62 bits per heavy atom. The quantitative estimate of drug-likeness (QED) is 0.556. The van der Waals surface area contributed by atoms with Crippen LogP contribution in [0.3, 0.4) is 0 Å². The minimum atomic E-state index is -2.71. The zero-order valence-electron chi connectivity index (χ0n) is 18.4. The first-order valence-electron chi connectivity index (χ1n) is 10.6. The molecule has 178 valence electrons. The van der Waals surface area contributed by atoms with Gasteiger partial charge in [0.05, 0.1) is 5.69 Å². The summed E-state index contributed by atoms with van der Waals surface area (Å²) in [5, 5.41) is 13.0. The van der Waals surface area contributed by atoms with Crippen molar-refractivity contribution >= 4 is 31.5 Å². The van der Waals surface area contributed by atoms with Gasteiger partial charge in [-0.2, -0.15) is 0 Å². The largest absolute Gasteiger partial charge is 0.501 e. The molecule has 3 aromatic rings. The fraction of sp³-hybridized carbons (Fsp3) is 0.261. The predicted octanol–water partition coefficient (Wildman–Crippen LogP) is 2.48. The molecule has 0 saturated carbocycles. The van der Waals surface area contributed by atoms with Crippen molar-refractivity contribution in [2.75, 3.05) is 16.6 Å². The summed E-state index contributed by atoms with van der Waals surface area (Å²) in [5.74, 6) is -1.44. The number of benzene rings is 2. The second kappa shape index (κ2) is 9.51. The van der Waals surface area contributed by atoms with E-state index in [0.29, 0.717) is 29.1 Å². The van der Waals surface area contributed by atoms with Gasteiger partial charge >= 0.3 is 0 Å². The first-order chi connectivity index (χ1) is 16.2. The molecule has 1 aromatic heterocycles. The van der Waals surface area contributed by atoms with Crippen molar-refractivity contribution in [3.63, 3.8) is 0 Å². The lowest BCUT2D eigenvalue weighted by atomic mass is 10.1. The Kier molecular flexibility index (Phi) is 6.67. The Labute approximate surface area is 200 Å². The maximum atomic E-state index is 13.1. The van der Waals surface area contributed by atoms with E-state index >= 15 is 0 Å². The molecule has 1 atom stereocenters. The molecule has 1 amide bonds. The third-order valence-electron chi connectivity index (χ3n) is 5.61. The first-order valence-corrected chi connectivity index (χ1v) is 13.2. The van der Waals surface area contributed by atoms with Crippen molar-refractivity contribution in [1.82, 2.24) is 14.9 Å². The number of carbonyl (C=O) groups excluding carboxylic acids is 1. The number of nitrogens with zero attached hydrogens (tertiary/aromatic N) is 3. The number of halogens is 1. The summed E-state index contributed by atoms with van der Waals surface area (Å²) in [6.45, 7) is 0.545. The van der Waals surface area contributed by atoms with Crippen LogP contribution in [0.15, 0.2) is 53.3 Å². The summed E-state index contributed by atoms with van der Waals surface area (Å²) in [5.41, 5.74) is 0.411. The van der Waals surface area contributed by atoms with Crippen LogP contribution in [-0.2, 0) is 33.5 Å². The fourth-order valence-electron chi connectivity index (χ4n) is 3.80. The van der Waals surface area contributed by atoms with Gasteiger partial charge < -0.3 is 10.4 Å². The SMILES string of the molecule is Cn1c(-c2ccccc2N2CCCCS2(=O)=S)nc(C(=O)NCc2ccc(F)cc2)c(O)c1=O. The van der Waals surface area contributed by atoms with Crippen molar-refractivity contribution in [3.8, 4) is 17.1 Å². The van der Waals surface area contributed by atoms with Crippen LogP contribution in [0.1, 0.15) is 28.9 Å². The van der Waals surface area contributed by atoms with Crippen molar-refractivity contribution in [1.29, 1.82) is 0 Å². The molecule has 0 spiro atoms. The van der Waals surface area contributed by atoms with Crippen LogP contribution in [0.2, 0.25) is 0 Å². The van der Waals surface area contributed by atoms with Crippen molar-refractivity contribution in [2.24, 2.45) is 7.05 Å². The number of para-hydroxylation sites is 1. The Balaban J connectivity index is 1.74. The molecular weight excluding hydrogens is 479 g/mol. The van der Waals surface area contributed by atoms with Crippen LogP contribution in [0, 0.1) is 5.82 Å². The lowest BCUT2D eigenvalue weighted by molar-refractivity contribution is 0.0942. The topological polar surface area (TPSA) is 105 Å². The molecule has 1 aliphatic heterocycles. The van der Waals surface area contributed by atoms with E-state index in [0.717, 1.165) is 17.4 Å². The number of aromatic nitrogens is 2. The second-order valence-electron chi connectivity index (χ2n) is 7.92.